The van der Waals surface area contributed by atoms with Gasteiger partial charge in [-0.3, -0.25) is 4.79 Å². The molecular formula is C18H18FNO2S. The van der Waals surface area contributed by atoms with Crippen LogP contribution in [0.2, 0.25) is 0 Å². The summed E-state index contributed by atoms with van der Waals surface area (Å²) in [4.78, 5) is 15.7. The highest BCUT2D eigenvalue weighted by Crippen LogP contribution is 2.32. The number of methoxy groups -OCH3 is 1. The summed E-state index contributed by atoms with van der Waals surface area (Å²) in [5.74, 6) is -0.287. The number of nitrogens with zero attached hydrogens (tertiary/aromatic N) is 1. The van der Waals surface area contributed by atoms with Crippen molar-refractivity contribution in [1.29, 1.82) is 0 Å². The van der Waals surface area contributed by atoms with Crippen LogP contribution in [0, 0.1) is 5.82 Å². The maximum atomic E-state index is 13.7. The van der Waals surface area contributed by atoms with E-state index >= 15 is 0 Å². The van der Waals surface area contributed by atoms with Crippen molar-refractivity contribution < 1.29 is 13.9 Å². The Morgan fingerprint density at radius 2 is 2.26 bits per heavy atom. The monoisotopic (exact) mass is 331 g/mol. The van der Waals surface area contributed by atoms with Crippen molar-refractivity contribution in [3.8, 4) is 5.75 Å². The number of carbonyl (C=O) groups is 1. The molecule has 0 saturated carbocycles. The lowest BCUT2D eigenvalue weighted by atomic mass is 10.0. The predicted molar refractivity (Wildman–Crippen MR) is 90.1 cm³/mol. The minimum absolute atomic E-state index is 0.0504. The van der Waals surface area contributed by atoms with E-state index in [0.717, 1.165) is 13.0 Å². The fourth-order valence-corrected chi connectivity index (χ4v) is 3.82. The molecule has 0 spiro atoms. The average Bonchev–Trinajstić information content (AvgIpc) is 3.02. The maximum absolute atomic E-state index is 13.7. The molecule has 2 aromatic rings. The second kappa shape index (κ2) is 6.54. The molecule has 2 heterocycles. The summed E-state index contributed by atoms with van der Waals surface area (Å²) in [6.45, 7) is 2.76. The number of benzene rings is 1. The van der Waals surface area contributed by atoms with Crippen LogP contribution in [0.15, 0.2) is 35.7 Å². The highest BCUT2D eigenvalue weighted by molar-refractivity contribution is 7.10. The summed E-state index contributed by atoms with van der Waals surface area (Å²) in [5, 5.41) is 2.07. The zero-order valence-corrected chi connectivity index (χ0v) is 13.9. The van der Waals surface area contributed by atoms with Gasteiger partial charge in [-0.15, -0.1) is 11.3 Å². The van der Waals surface area contributed by atoms with Crippen molar-refractivity contribution in [3.05, 3.63) is 57.5 Å². The molecule has 0 aliphatic carbocycles. The number of amides is 1. The lowest BCUT2D eigenvalue weighted by Gasteiger charge is -2.32. The molecule has 1 aromatic carbocycles. The van der Waals surface area contributed by atoms with Gasteiger partial charge in [0.1, 0.15) is 0 Å². The van der Waals surface area contributed by atoms with Crippen molar-refractivity contribution >= 4 is 23.3 Å². The van der Waals surface area contributed by atoms with E-state index in [-0.39, 0.29) is 17.7 Å². The van der Waals surface area contributed by atoms with E-state index in [2.05, 4.69) is 11.4 Å². The number of ether oxygens (including phenoxy) is 1. The zero-order chi connectivity index (χ0) is 16.4. The summed E-state index contributed by atoms with van der Waals surface area (Å²) >= 11 is 1.75. The van der Waals surface area contributed by atoms with Crippen LogP contribution in [0.25, 0.3) is 6.08 Å². The Labute approximate surface area is 139 Å². The van der Waals surface area contributed by atoms with Crippen LogP contribution in [-0.2, 0) is 11.2 Å². The molecule has 0 fully saturated rings. The predicted octanol–water partition coefficient (Wildman–Crippen LogP) is 4.05. The molecule has 1 aromatic heterocycles. The SMILES string of the molecule is COc1ccc(/C=C/C(=O)N2CCc3sccc3[C@H]2C)cc1F. The highest BCUT2D eigenvalue weighted by atomic mass is 32.1. The minimum Gasteiger partial charge on any atom is -0.494 e. The molecule has 0 N–H and O–H groups in total. The number of rotatable bonds is 3. The first kappa shape index (κ1) is 15.7. The molecule has 0 saturated heterocycles. The fourth-order valence-electron chi connectivity index (χ4n) is 2.86. The quantitative estimate of drug-likeness (QED) is 0.794. The van der Waals surface area contributed by atoms with Gasteiger partial charge >= 0.3 is 0 Å². The van der Waals surface area contributed by atoms with E-state index in [1.165, 1.54) is 29.7 Å². The lowest BCUT2D eigenvalue weighted by molar-refractivity contribution is -0.128. The molecular weight excluding hydrogens is 313 g/mol. The molecule has 0 bridgehead atoms. The van der Waals surface area contributed by atoms with Gasteiger partial charge in [-0.25, -0.2) is 4.39 Å². The summed E-state index contributed by atoms with van der Waals surface area (Å²) in [6, 6.07) is 6.81. The number of fused-ring (bicyclic) bond motifs is 1. The molecule has 3 rings (SSSR count). The van der Waals surface area contributed by atoms with E-state index < -0.39 is 5.82 Å². The molecule has 1 amide bonds. The van der Waals surface area contributed by atoms with Crippen LogP contribution in [0.1, 0.15) is 29.0 Å². The first-order valence-corrected chi connectivity index (χ1v) is 8.36. The summed E-state index contributed by atoms with van der Waals surface area (Å²) in [7, 11) is 1.42. The number of hydrogen-bond donors (Lipinski definition) is 0. The molecule has 0 radical (unpaired) electrons. The van der Waals surface area contributed by atoms with Gasteiger partial charge in [-0.1, -0.05) is 6.07 Å². The topological polar surface area (TPSA) is 29.5 Å². The first-order chi connectivity index (χ1) is 11.1. The van der Waals surface area contributed by atoms with Crippen LogP contribution in [-0.4, -0.2) is 24.5 Å². The van der Waals surface area contributed by atoms with Crippen LogP contribution in [0.4, 0.5) is 4.39 Å². The van der Waals surface area contributed by atoms with E-state index in [1.54, 1.807) is 29.5 Å². The summed E-state index contributed by atoms with van der Waals surface area (Å²) in [6.07, 6.45) is 4.05. The second-order valence-corrected chi connectivity index (χ2v) is 6.48. The maximum Gasteiger partial charge on any atom is 0.247 e. The highest BCUT2D eigenvalue weighted by Gasteiger charge is 2.26. The normalized spacial score (nSPS) is 17.3. The van der Waals surface area contributed by atoms with Crippen LogP contribution in [0.5, 0.6) is 5.75 Å². The van der Waals surface area contributed by atoms with Crippen molar-refractivity contribution in [2.45, 2.75) is 19.4 Å². The van der Waals surface area contributed by atoms with Gasteiger partial charge in [0.2, 0.25) is 5.91 Å². The lowest BCUT2D eigenvalue weighted by Crippen LogP contribution is -2.37. The molecule has 120 valence electrons. The summed E-state index contributed by atoms with van der Waals surface area (Å²) < 4.78 is 18.6. The van der Waals surface area contributed by atoms with E-state index in [9.17, 15) is 9.18 Å². The molecule has 5 heteroatoms. The number of thiophene rings is 1. The third-order valence-electron chi connectivity index (χ3n) is 4.15. The Hall–Kier alpha value is -2.14. The van der Waals surface area contributed by atoms with Crippen molar-refractivity contribution in [1.82, 2.24) is 4.90 Å². The zero-order valence-electron chi connectivity index (χ0n) is 13.1. The van der Waals surface area contributed by atoms with Gasteiger partial charge in [0.25, 0.3) is 0 Å². The smallest absolute Gasteiger partial charge is 0.247 e. The van der Waals surface area contributed by atoms with E-state index in [0.29, 0.717) is 5.56 Å². The third kappa shape index (κ3) is 3.15. The van der Waals surface area contributed by atoms with E-state index in [4.69, 9.17) is 4.74 Å². The average molecular weight is 331 g/mol. The van der Waals surface area contributed by atoms with Crippen molar-refractivity contribution in [2.24, 2.45) is 0 Å². The van der Waals surface area contributed by atoms with Crippen LogP contribution < -0.4 is 4.74 Å². The Morgan fingerprint density at radius 1 is 1.43 bits per heavy atom. The standard InChI is InChI=1S/C18H18FNO2S/c1-12-14-8-10-23-17(14)7-9-20(12)18(21)6-4-13-3-5-16(22-2)15(19)11-13/h3-6,8,10-12H,7,9H2,1-2H3/b6-4+/t12-/m1/s1. The largest absolute Gasteiger partial charge is 0.494 e. The van der Waals surface area contributed by atoms with E-state index in [1.807, 2.05) is 11.8 Å². The van der Waals surface area contributed by atoms with Crippen molar-refractivity contribution in [2.75, 3.05) is 13.7 Å². The Balaban J connectivity index is 1.73. The van der Waals surface area contributed by atoms with Crippen molar-refractivity contribution in [3.63, 3.8) is 0 Å². The molecule has 23 heavy (non-hydrogen) atoms. The second-order valence-electron chi connectivity index (χ2n) is 5.48. The van der Waals surface area contributed by atoms with Gasteiger partial charge in [0.15, 0.2) is 11.6 Å². The number of halogens is 1. The van der Waals surface area contributed by atoms with Crippen LogP contribution >= 0.6 is 11.3 Å². The van der Waals surface area contributed by atoms with Crippen LogP contribution in [0.3, 0.4) is 0 Å². The molecule has 3 nitrogen and oxygen atoms in total. The van der Waals surface area contributed by atoms with Gasteiger partial charge in [-0.05, 0) is 54.1 Å². The number of hydrogen-bond acceptors (Lipinski definition) is 3. The number of carbonyl (C=O) groups excluding carboxylic acids is 1. The third-order valence-corrected chi connectivity index (χ3v) is 5.15. The Kier molecular flexibility index (Phi) is 4.48. The van der Waals surface area contributed by atoms with Gasteiger partial charge in [-0.2, -0.15) is 0 Å². The fraction of sp³-hybridized carbons (Fsp3) is 0.278. The minimum atomic E-state index is -0.434. The van der Waals surface area contributed by atoms with Gasteiger partial charge in [0, 0.05) is 17.5 Å². The Morgan fingerprint density at radius 3 is 3.00 bits per heavy atom. The Bertz CT molecular complexity index is 753. The molecule has 1 aliphatic heterocycles. The first-order valence-electron chi connectivity index (χ1n) is 7.48. The molecule has 1 aliphatic rings. The van der Waals surface area contributed by atoms with Gasteiger partial charge in [0.05, 0.1) is 13.2 Å². The molecule has 1 atom stereocenters. The summed E-state index contributed by atoms with van der Waals surface area (Å²) in [5.41, 5.74) is 1.87. The van der Waals surface area contributed by atoms with Gasteiger partial charge < -0.3 is 9.64 Å². The molecule has 0 unspecified atom stereocenters.